The molecule has 0 aliphatic carbocycles. The molecule has 1 amide bonds. The molecule has 0 aromatic heterocycles. The summed E-state index contributed by atoms with van der Waals surface area (Å²) in [7, 11) is 1.45. The van der Waals surface area contributed by atoms with Gasteiger partial charge in [-0.1, -0.05) is 0 Å². The van der Waals surface area contributed by atoms with Crippen molar-refractivity contribution < 1.29 is 32.9 Å². The van der Waals surface area contributed by atoms with Crippen LogP contribution in [0.3, 0.4) is 0 Å². The van der Waals surface area contributed by atoms with E-state index in [1.54, 1.807) is 20.8 Å². The van der Waals surface area contributed by atoms with Crippen molar-refractivity contribution in [2.24, 2.45) is 5.92 Å². The van der Waals surface area contributed by atoms with E-state index in [9.17, 15) is 18.7 Å². The maximum Gasteiger partial charge on any atom is 0.407 e. The summed E-state index contributed by atoms with van der Waals surface area (Å²) in [4.78, 5) is 12.2. The van der Waals surface area contributed by atoms with Gasteiger partial charge in [0.25, 0.3) is 0 Å². The van der Waals surface area contributed by atoms with Crippen LogP contribution in [0.1, 0.15) is 32.4 Å². The maximum absolute atomic E-state index is 14.3. The molecule has 2 unspecified atom stereocenters. The van der Waals surface area contributed by atoms with Gasteiger partial charge in [-0.15, -0.1) is 0 Å². The quantitative estimate of drug-likeness (QED) is 0.848. The van der Waals surface area contributed by atoms with Crippen LogP contribution >= 0.6 is 0 Å². The average Bonchev–Trinajstić information content (AvgIpc) is 2.52. The molecule has 1 saturated heterocycles. The highest BCUT2D eigenvalue weighted by atomic mass is 19.1. The molecule has 0 spiro atoms. The SMILES string of the molecule is COCC1C(O)CO[C@H](c2cc(F)ccc2F)[C@H]1NC(=O)OC(C)(C)C. The molecule has 0 radical (unpaired) electrons. The maximum atomic E-state index is 14.3. The standard InChI is InChI=1S/C18H25F2NO5/c1-18(2,3)26-17(23)21-15-12(8-24-4)14(22)9-25-16(15)11-7-10(19)5-6-13(11)20/h5-7,12,14-16,22H,8-9H2,1-4H3,(H,21,23)/t12?,14?,15-,16+/m0/s1. The molecule has 1 heterocycles. The Labute approximate surface area is 151 Å². The Bertz CT molecular complexity index is 634. The van der Waals surface area contributed by atoms with Crippen LogP contribution in [0, 0.1) is 17.6 Å². The second-order valence-electron chi connectivity index (χ2n) is 7.28. The molecule has 1 aromatic carbocycles. The molecule has 8 heteroatoms. The first kappa shape index (κ1) is 20.5. The van der Waals surface area contributed by atoms with E-state index in [0.717, 1.165) is 18.2 Å². The zero-order chi connectivity index (χ0) is 19.5. The van der Waals surface area contributed by atoms with Gasteiger partial charge in [0.2, 0.25) is 0 Å². The number of carbonyl (C=O) groups is 1. The predicted molar refractivity (Wildman–Crippen MR) is 89.6 cm³/mol. The number of rotatable bonds is 4. The number of benzene rings is 1. The zero-order valence-corrected chi connectivity index (χ0v) is 15.3. The number of aliphatic hydroxyl groups excluding tert-OH is 1. The first-order valence-electron chi connectivity index (χ1n) is 8.35. The van der Waals surface area contributed by atoms with E-state index in [0.29, 0.717) is 0 Å². The summed E-state index contributed by atoms with van der Waals surface area (Å²) in [5, 5.41) is 12.9. The highest BCUT2D eigenvalue weighted by Crippen LogP contribution is 2.34. The topological polar surface area (TPSA) is 77.0 Å². The third-order valence-electron chi connectivity index (χ3n) is 4.04. The van der Waals surface area contributed by atoms with Gasteiger partial charge in [0.1, 0.15) is 23.3 Å². The normalized spacial score (nSPS) is 26.4. The van der Waals surface area contributed by atoms with Crippen molar-refractivity contribution in [3.63, 3.8) is 0 Å². The molecule has 1 aromatic rings. The van der Waals surface area contributed by atoms with Crippen molar-refractivity contribution in [2.75, 3.05) is 20.3 Å². The Morgan fingerprint density at radius 1 is 1.38 bits per heavy atom. The zero-order valence-electron chi connectivity index (χ0n) is 15.3. The number of hydrogen-bond acceptors (Lipinski definition) is 5. The van der Waals surface area contributed by atoms with Crippen LogP contribution in [0.4, 0.5) is 13.6 Å². The van der Waals surface area contributed by atoms with E-state index >= 15 is 0 Å². The number of hydrogen-bond donors (Lipinski definition) is 2. The number of methoxy groups -OCH3 is 1. The average molecular weight is 373 g/mol. The number of amides is 1. The molecule has 1 fully saturated rings. The summed E-state index contributed by atoms with van der Waals surface area (Å²) < 4.78 is 43.8. The van der Waals surface area contributed by atoms with E-state index in [1.165, 1.54) is 7.11 Å². The molecule has 6 nitrogen and oxygen atoms in total. The number of alkyl carbamates (subject to hydrolysis) is 1. The van der Waals surface area contributed by atoms with E-state index in [4.69, 9.17) is 14.2 Å². The Kier molecular flexibility index (Phi) is 6.54. The predicted octanol–water partition coefficient (Wildman–Crippen LogP) is 2.55. The molecular formula is C18H25F2NO5. The highest BCUT2D eigenvalue weighted by Gasteiger charge is 2.43. The lowest BCUT2D eigenvalue weighted by Gasteiger charge is -2.41. The summed E-state index contributed by atoms with van der Waals surface area (Å²) in [6.07, 6.45) is -2.69. The number of nitrogens with one attached hydrogen (secondary N) is 1. The summed E-state index contributed by atoms with van der Waals surface area (Å²) in [6, 6.07) is 2.14. The van der Waals surface area contributed by atoms with Crippen molar-refractivity contribution in [1.29, 1.82) is 0 Å². The summed E-state index contributed by atoms with van der Waals surface area (Å²) in [5.74, 6) is -1.88. The van der Waals surface area contributed by atoms with Gasteiger partial charge in [0.15, 0.2) is 0 Å². The molecular weight excluding hydrogens is 348 g/mol. The second-order valence-corrected chi connectivity index (χ2v) is 7.28. The molecule has 4 atom stereocenters. The van der Waals surface area contributed by atoms with Crippen LogP contribution in [0.2, 0.25) is 0 Å². The molecule has 1 aliphatic rings. The third kappa shape index (κ3) is 5.12. The molecule has 2 rings (SSSR count). The van der Waals surface area contributed by atoms with Crippen molar-refractivity contribution >= 4 is 6.09 Å². The van der Waals surface area contributed by atoms with Gasteiger partial charge in [-0.3, -0.25) is 0 Å². The fourth-order valence-corrected chi connectivity index (χ4v) is 2.94. The first-order chi connectivity index (χ1) is 12.1. The highest BCUT2D eigenvalue weighted by molar-refractivity contribution is 5.68. The van der Waals surface area contributed by atoms with Crippen LogP contribution in [-0.2, 0) is 14.2 Å². The number of halogens is 2. The Balaban J connectivity index is 2.34. The smallest absolute Gasteiger partial charge is 0.407 e. The summed E-state index contributed by atoms with van der Waals surface area (Å²) in [6.45, 7) is 5.11. The number of ether oxygens (including phenoxy) is 3. The van der Waals surface area contributed by atoms with Gasteiger partial charge in [0.05, 0.1) is 25.4 Å². The summed E-state index contributed by atoms with van der Waals surface area (Å²) >= 11 is 0. The van der Waals surface area contributed by atoms with Crippen LogP contribution in [0.5, 0.6) is 0 Å². The van der Waals surface area contributed by atoms with Crippen molar-refractivity contribution in [3.05, 3.63) is 35.4 Å². The third-order valence-corrected chi connectivity index (χ3v) is 4.04. The van der Waals surface area contributed by atoms with E-state index in [-0.39, 0.29) is 18.8 Å². The fraction of sp³-hybridized carbons (Fsp3) is 0.611. The van der Waals surface area contributed by atoms with Crippen LogP contribution < -0.4 is 5.32 Å². The van der Waals surface area contributed by atoms with E-state index in [1.807, 2.05) is 0 Å². The lowest BCUT2D eigenvalue weighted by molar-refractivity contribution is -0.125. The van der Waals surface area contributed by atoms with Gasteiger partial charge in [-0.2, -0.15) is 0 Å². The molecule has 0 saturated carbocycles. The van der Waals surface area contributed by atoms with Gasteiger partial charge >= 0.3 is 6.09 Å². The molecule has 26 heavy (non-hydrogen) atoms. The van der Waals surface area contributed by atoms with Gasteiger partial charge < -0.3 is 24.6 Å². The van der Waals surface area contributed by atoms with Crippen molar-refractivity contribution in [2.45, 2.75) is 44.6 Å². The molecule has 146 valence electrons. The Morgan fingerprint density at radius 2 is 2.08 bits per heavy atom. The first-order valence-corrected chi connectivity index (χ1v) is 8.35. The molecule has 1 aliphatic heterocycles. The van der Waals surface area contributed by atoms with Gasteiger partial charge in [-0.25, -0.2) is 13.6 Å². The monoisotopic (exact) mass is 373 g/mol. The van der Waals surface area contributed by atoms with E-state index in [2.05, 4.69) is 5.32 Å². The van der Waals surface area contributed by atoms with Crippen LogP contribution in [-0.4, -0.2) is 49.3 Å². The molecule has 2 N–H and O–H groups in total. The Hall–Kier alpha value is -1.77. The summed E-state index contributed by atoms with van der Waals surface area (Å²) in [5.41, 5.74) is -0.784. The van der Waals surface area contributed by atoms with Crippen molar-refractivity contribution in [3.8, 4) is 0 Å². The minimum atomic E-state index is -0.998. The Morgan fingerprint density at radius 3 is 2.69 bits per heavy atom. The van der Waals surface area contributed by atoms with Gasteiger partial charge in [-0.05, 0) is 39.0 Å². The second kappa shape index (κ2) is 8.28. The van der Waals surface area contributed by atoms with Gasteiger partial charge in [0, 0.05) is 18.6 Å². The number of aliphatic hydroxyl groups is 1. The minimum absolute atomic E-state index is 0.0425. The van der Waals surface area contributed by atoms with E-state index < -0.39 is 47.5 Å². The van der Waals surface area contributed by atoms with Crippen LogP contribution in [0.15, 0.2) is 18.2 Å². The molecule has 0 bridgehead atoms. The van der Waals surface area contributed by atoms with Crippen molar-refractivity contribution in [1.82, 2.24) is 5.32 Å². The van der Waals surface area contributed by atoms with Crippen LogP contribution in [0.25, 0.3) is 0 Å². The lowest BCUT2D eigenvalue weighted by atomic mass is 9.85. The fourth-order valence-electron chi connectivity index (χ4n) is 2.94. The number of carbonyl (C=O) groups excluding carboxylic acids is 1. The minimum Gasteiger partial charge on any atom is -0.444 e. The lowest BCUT2D eigenvalue weighted by Crippen LogP contribution is -2.56. The largest absolute Gasteiger partial charge is 0.444 e.